The summed E-state index contributed by atoms with van der Waals surface area (Å²) in [5.41, 5.74) is 2.93. The van der Waals surface area contributed by atoms with Crippen LogP contribution in [-0.2, 0) is 0 Å². The quantitative estimate of drug-likeness (QED) is 0.906. The molecule has 0 saturated carbocycles. The molecule has 2 aromatic heterocycles. The molecule has 4 heteroatoms. The highest BCUT2D eigenvalue weighted by Crippen LogP contribution is 2.39. The van der Waals surface area contributed by atoms with Crippen molar-refractivity contribution in [3.63, 3.8) is 0 Å². The Kier molecular flexibility index (Phi) is 3.96. The van der Waals surface area contributed by atoms with Gasteiger partial charge in [0.25, 0.3) is 0 Å². The number of thiophene rings is 1. The molecule has 0 aliphatic rings. The SMILES string of the molecule is CCCNc1sc(-c2ccncc2)c(C)c1C#N. The maximum absolute atomic E-state index is 9.26. The summed E-state index contributed by atoms with van der Waals surface area (Å²) in [6, 6.07) is 6.25. The van der Waals surface area contributed by atoms with Crippen molar-refractivity contribution in [3.8, 4) is 16.5 Å². The Bertz CT molecular complexity index is 567. The third kappa shape index (κ3) is 2.36. The molecule has 0 bridgehead atoms. The minimum Gasteiger partial charge on any atom is -0.376 e. The number of hydrogen-bond acceptors (Lipinski definition) is 4. The fourth-order valence-corrected chi connectivity index (χ4v) is 2.98. The highest BCUT2D eigenvalue weighted by Gasteiger charge is 2.15. The van der Waals surface area contributed by atoms with Crippen LogP contribution in [-0.4, -0.2) is 11.5 Å². The molecule has 0 unspecified atom stereocenters. The third-order valence-electron chi connectivity index (χ3n) is 2.74. The van der Waals surface area contributed by atoms with E-state index in [0.29, 0.717) is 0 Å². The minimum absolute atomic E-state index is 0.764. The Morgan fingerprint density at radius 2 is 2.11 bits per heavy atom. The molecule has 92 valence electrons. The van der Waals surface area contributed by atoms with Crippen molar-refractivity contribution in [3.05, 3.63) is 35.7 Å². The van der Waals surface area contributed by atoms with Gasteiger partial charge >= 0.3 is 0 Å². The van der Waals surface area contributed by atoms with Gasteiger partial charge in [-0.1, -0.05) is 6.92 Å². The van der Waals surface area contributed by atoms with Crippen LogP contribution in [0.25, 0.3) is 10.4 Å². The van der Waals surface area contributed by atoms with Crippen LogP contribution in [0.15, 0.2) is 24.5 Å². The number of nitrogens with zero attached hydrogens (tertiary/aromatic N) is 2. The van der Waals surface area contributed by atoms with Gasteiger partial charge in [-0.25, -0.2) is 0 Å². The lowest BCUT2D eigenvalue weighted by molar-refractivity contribution is 0.983. The Labute approximate surface area is 111 Å². The normalized spacial score (nSPS) is 10.1. The van der Waals surface area contributed by atoms with E-state index in [1.54, 1.807) is 23.7 Å². The summed E-state index contributed by atoms with van der Waals surface area (Å²) in [4.78, 5) is 5.17. The van der Waals surface area contributed by atoms with E-state index < -0.39 is 0 Å². The number of anilines is 1. The fraction of sp³-hybridized carbons (Fsp3) is 0.286. The van der Waals surface area contributed by atoms with E-state index in [-0.39, 0.29) is 0 Å². The minimum atomic E-state index is 0.764. The van der Waals surface area contributed by atoms with E-state index in [0.717, 1.165) is 39.5 Å². The largest absolute Gasteiger partial charge is 0.376 e. The molecule has 0 aliphatic heterocycles. The van der Waals surface area contributed by atoms with E-state index in [4.69, 9.17) is 0 Å². The van der Waals surface area contributed by atoms with Gasteiger partial charge in [-0.15, -0.1) is 11.3 Å². The molecule has 2 heterocycles. The van der Waals surface area contributed by atoms with Crippen molar-refractivity contribution in [1.82, 2.24) is 4.98 Å². The molecule has 0 aliphatic carbocycles. The standard InChI is InChI=1S/C14H15N3S/c1-3-6-17-14-12(9-15)10(2)13(18-14)11-4-7-16-8-5-11/h4-5,7-8,17H,3,6H2,1-2H3. The summed E-state index contributed by atoms with van der Waals surface area (Å²) >= 11 is 1.64. The van der Waals surface area contributed by atoms with Gasteiger partial charge in [0.15, 0.2) is 0 Å². The summed E-state index contributed by atoms with van der Waals surface area (Å²) in [6.45, 7) is 5.01. The Morgan fingerprint density at radius 1 is 1.39 bits per heavy atom. The Hall–Kier alpha value is -1.86. The highest BCUT2D eigenvalue weighted by atomic mass is 32.1. The molecule has 18 heavy (non-hydrogen) atoms. The first-order valence-corrected chi connectivity index (χ1v) is 6.77. The number of hydrogen-bond donors (Lipinski definition) is 1. The van der Waals surface area contributed by atoms with E-state index in [1.165, 1.54) is 0 Å². The summed E-state index contributed by atoms with van der Waals surface area (Å²) in [7, 11) is 0. The lowest BCUT2D eigenvalue weighted by atomic mass is 10.1. The zero-order valence-electron chi connectivity index (χ0n) is 10.5. The van der Waals surface area contributed by atoms with Gasteiger partial charge in [0.05, 0.1) is 5.56 Å². The summed E-state index contributed by atoms with van der Waals surface area (Å²) in [6.07, 6.45) is 4.60. The Balaban J connectivity index is 2.44. The van der Waals surface area contributed by atoms with E-state index in [9.17, 15) is 5.26 Å². The van der Waals surface area contributed by atoms with Crippen LogP contribution in [0.5, 0.6) is 0 Å². The molecular weight excluding hydrogens is 242 g/mol. The van der Waals surface area contributed by atoms with Crippen molar-refractivity contribution >= 4 is 16.3 Å². The van der Waals surface area contributed by atoms with Crippen LogP contribution in [0, 0.1) is 18.3 Å². The smallest absolute Gasteiger partial charge is 0.107 e. The number of nitriles is 1. The average Bonchev–Trinajstić information content (AvgIpc) is 2.73. The van der Waals surface area contributed by atoms with Crippen molar-refractivity contribution < 1.29 is 0 Å². The van der Waals surface area contributed by atoms with Gasteiger partial charge < -0.3 is 5.32 Å². The van der Waals surface area contributed by atoms with Crippen LogP contribution in [0.4, 0.5) is 5.00 Å². The lowest BCUT2D eigenvalue weighted by Crippen LogP contribution is -1.98. The van der Waals surface area contributed by atoms with Gasteiger partial charge in [0, 0.05) is 23.8 Å². The first-order valence-electron chi connectivity index (χ1n) is 5.95. The summed E-state index contributed by atoms with van der Waals surface area (Å²) < 4.78 is 0. The first-order chi connectivity index (χ1) is 8.77. The van der Waals surface area contributed by atoms with Crippen molar-refractivity contribution in [2.45, 2.75) is 20.3 Å². The zero-order valence-corrected chi connectivity index (χ0v) is 11.3. The van der Waals surface area contributed by atoms with E-state index >= 15 is 0 Å². The van der Waals surface area contributed by atoms with Crippen molar-refractivity contribution in [1.29, 1.82) is 5.26 Å². The van der Waals surface area contributed by atoms with Gasteiger partial charge in [-0.2, -0.15) is 5.26 Å². The monoisotopic (exact) mass is 257 g/mol. The third-order valence-corrected chi connectivity index (χ3v) is 4.04. The van der Waals surface area contributed by atoms with Gasteiger partial charge in [-0.05, 0) is 36.6 Å². The van der Waals surface area contributed by atoms with Gasteiger partial charge in [0.1, 0.15) is 11.1 Å². The van der Waals surface area contributed by atoms with Gasteiger partial charge in [-0.3, -0.25) is 4.98 Å². The highest BCUT2D eigenvalue weighted by molar-refractivity contribution is 7.19. The molecule has 0 saturated heterocycles. The van der Waals surface area contributed by atoms with Crippen LogP contribution in [0.1, 0.15) is 24.5 Å². The number of pyridine rings is 1. The maximum atomic E-state index is 9.26. The fourth-order valence-electron chi connectivity index (χ4n) is 1.79. The predicted molar refractivity (Wildman–Crippen MR) is 75.8 cm³/mol. The van der Waals surface area contributed by atoms with Crippen LogP contribution in [0.2, 0.25) is 0 Å². The molecule has 0 aromatic carbocycles. The van der Waals surface area contributed by atoms with Crippen LogP contribution >= 0.6 is 11.3 Å². The average molecular weight is 257 g/mol. The van der Waals surface area contributed by atoms with E-state index in [1.807, 2.05) is 19.1 Å². The molecule has 0 fully saturated rings. The molecule has 2 rings (SSSR count). The second-order valence-corrected chi connectivity index (χ2v) is 5.06. The van der Waals surface area contributed by atoms with Crippen LogP contribution < -0.4 is 5.32 Å². The van der Waals surface area contributed by atoms with E-state index in [2.05, 4.69) is 23.3 Å². The molecule has 2 aromatic rings. The second kappa shape index (κ2) is 5.65. The molecule has 3 nitrogen and oxygen atoms in total. The molecule has 0 spiro atoms. The van der Waals surface area contributed by atoms with Gasteiger partial charge in [0.2, 0.25) is 0 Å². The topological polar surface area (TPSA) is 48.7 Å². The lowest BCUT2D eigenvalue weighted by Gasteiger charge is -2.00. The molecule has 1 N–H and O–H groups in total. The predicted octanol–water partition coefficient (Wildman–Crippen LogP) is 3.81. The number of rotatable bonds is 4. The van der Waals surface area contributed by atoms with Crippen molar-refractivity contribution in [2.75, 3.05) is 11.9 Å². The molecule has 0 radical (unpaired) electrons. The zero-order chi connectivity index (χ0) is 13.0. The first kappa shape index (κ1) is 12.6. The second-order valence-electron chi connectivity index (χ2n) is 4.03. The van der Waals surface area contributed by atoms with Crippen molar-refractivity contribution in [2.24, 2.45) is 0 Å². The van der Waals surface area contributed by atoms with Crippen LogP contribution in [0.3, 0.4) is 0 Å². The summed E-state index contributed by atoms with van der Waals surface area (Å²) in [5, 5.41) is 13.6. The number of nitrogens with one attached hydrogen (secondary N) is 1. The Morgan fingerprint density at radius 3 is 2.72 bits per heavy atom. The molecule has 0 amide bonds. The maximum Gasteiger partial charge on any atom is 0.107 e. The molecular formula is C14H15N3S. The molecule has 0 atom stereocenters. The number of aromatic nitrogens is 1. The summed E-state index contributed by atoms with van der Waals surface area (Å²) in [5.74, 6) is 0.